The van der Waals surface area contributed by atoms with E-state index in [1.165, 1.54) is 17.0 Å². The van der Waals surface area contributed by atoms with E-state index >= 15 is 0 Å². The lowest BCUT2D eigenvalue weighted by molar-refractivity contribution is -0.124. The van der Waals surface area contributed by atoms with Gasteiger partial charge >= 0.3 is 0 Å². The zero-order valence-corrected chi connectivity index (χ0v) is 17.5. The summed E-state index contributed by atoms with van der Waals surface area (Å²) in [4.78, 5) is 27.2. The van der Waals surface area contributed by atoms with Crippen molar-refractivity contribution >= 4 is 27.5 Å². The molecule has 1 aromatic carbocycles. The van der Waals surface area contributed by atoms with Gasteiger partial charge in [-0.15, -0.1) is 0 Å². The molecule has 5 rings (SSSR count). The van der Waals surface area contributed by atoms with Crippen molar-refractivity contribution in [2.24, 2.45) is 11.8 Å². The van der Waals surface area contributed by atoms with Crippen LogP contribution >= 0.6 is 0 Å². The van der Waals surface area contributed by atoms with Crippen molar-refractivity contribution in [2.75, 3.05) is 4.90 Å². The fraction of sp³-hybridized carbons (Fsp3) is 0.619. The number of nitrogens with zero attached hydrogens (tertiary/aromatic N) is 2. The van der Waals surface area contributed by atoms with E-state index in [2.05, 4.69) is 0 Å². The maximum Gasteiger partial charge on any atom is 0.243 e. The molecule has 4 heterocycles. The van der Waals surface area contributed by atoms with Gasteiger partial charge in [0.25, 0.3) is 0 Å². The minimum Gasteiger partial charge on any atom is -0.373 e. The monoisotopic (exact) mass is 418 g/mol. The summed E-state index contributed by atoms with van der Waals surface area (Å²) >= 11 is 0. The van der Waals surface area contributed by atoms with Crippen LogP contribution in [0.15, 0.2) is 29.2 Å². The number of carbonyl (C=O) groups excluding carboxylic acids is 2. The second-order valence-corrected chi connectivity index (χ2v) is 10.7. The van der Waals surface area contributed by atoms with Crippen molar-refractivity contribution in [1.29, 1.82) is 0 Å². The fourth-order valence-electron chi connectivity index (χ4n) is 5.73. The predicted molar refractivity (Wildman–Crippen MR) is 106 cm³/mol. The molecule has 0 spiro atoms. The molecule has 2 amide bonds. The van der Waals surface area contributed by atoms with Crippen LogP contribution in [0.5, 0.6) is 0 Å². The average molecular weight is 419 g/mol. The van der Waals surface area contributed by atoms with E-state index in [1.54, 1.807) is 16.4 Å². The number of ether oxygens (including phenoxy) is 1. The van der Waals surface area contributed by atoms with Crippen LogP contribution in [0.2, 0.25) is 0 Å². The number of benzene rings is 1. The summed E-state index contributed by atoms with van der Waals surface area (Å²) in [6.07, 6.45) is 4.06. The van der Waals surface area contributed by atoms with Gasteiger partial charge in [-0.05, 0) is 63.8 Å². The first-order chi connectivity index (χ1) is 13.8. The number of rotatable bonds is 3. The zero-order chi connectivity index (χ0) is 20.5. The van der Waals surface area contributed by atoms with Gasteiger partial charge in [-0.3, -0.25) is 9.59 Å². The van der Waals surface area contributed by atoms with Crippen LogP contribution in [0, 0.1) is 11.8 Å². The van der Waals surface area contributed by atoms with Crippen molar-refractivity contribution < 1.29 is 22.7 Å². The molecule has 6 atom stereocenters. The molecule has 156 valence electrons. The summed E-state index contributed by atoms with van der Waals surface area (Å²) in [5, 5.41) is 0. The Morgan fingerprint density at radius 1 is 0.862 bits per heavy atom. The summed E-state index contributed by atoms with van der Waals surface area (Å²) in [5.41, 5.74) is 0.437. The van der Waals surface area contributed by atoms with E-state index in [9.17, 15) is 18.0 Å². The minimum absolute atomic E-state index is 0.0417. The molecule has 2 bridgehead atoms. The lowest BCUT2D eigenvalue weighted by Crippen LogP contribution is -2.47. The summed E-state index contributed by atoms with van der Waals surface area (Å²) in [5.74, 6) is -1.22. The quantitative estimate of drug-likeness (QED) is 0.704. The number of carbonyl (C=O) groups is 2. The maximum absolute atomic E-state index is 13.2. The third-order valence-electron chi connectivity index (χ3n) is 7.07. The van der Waals surface area contributed by atoms with Crippen LogP contribution in [-0.2, 0) is 24.3 Å². The molecular weight excluding hydrogens is 392 g/mol. The third kappa shape index (κ3) is 2.72. The molecular formula is C21H26N2O5S. The molecule has 4 fully saturated rings. The molecule has 0 saturated carbocycles. The topological polar surface area (TPSA) is 84.0 Å². The SMILES string of the molecule is C[C@@H]1CCC[C@@H](C)N1S(=O)(=O)c1ccc(N2C(=O)[C@@H]3[C@H](C2=O)[C@H]2CC[C@H]3O2)cc1. The first-order valence-corrected chi connectivity index (χ1v) is 11.9. The maximum atomic E-state index is 13.2. The van der Waals surface area contributed by atoms with Gasteiger partial charge in [0.05, 0.1) is 34.6 Å². The molecule has 4 saturated heterocycles. The van der Waals surface area contributed by atoms with E-state index in [-0.39, 0.29) is 52.8 Å². The van der Waals surface area contributed by atoms with Crippen LogP contribution in [0.3, 0.4) is 0 Å². The highest BCUT2D eigenvalue weighted by atomic mass is 32.2. The first kappa shape index (κ1) is 19.2. The van der Waals surface area contributed by atoms with Gasteiger partial charge < -0.3 is 4.74 Å². The molecule has 8 heteroatoms. The van der Waals surface area contributed by atoms with Crippen LogP contribution in [0.4, 0.5) is 5.69 Å². The lowest BCUT2D eigenvalue weighted by atomic mass is 9.81. The Labute approximate surface area is 171 Å². The van der Waals surface area contributed by atoms with Crippen LogP contribution in [-0.4, -0.2) is 48.8 Å². The molecule has 4 aliphatic heterocycles. The molecule has 0 aromatic heterocycles. The average Bonchev–Trinajstić information content (AvgIpc) is 3.35. The molecule has 1 aromatic rings. The smallest absolute Gasteiger partial charge is 0.243 e. The van der Waals surface area contributed by atoms with Crippen molar-refractivity contribution in [2.45, 2.75) is 75.1 Å². The fourth-order valence-corrected chi connectivity index (χ4v) is 7.61. The van der Waals surface area contributed by atoms with Gasteiger partial charge in [0.2, 0.25) is 21.8 Å². The number of hydrogen-bond acceptors (Lipinski definition) is 5. The van der Waals surface area contributed by atoms with Crippen molar-refractivity contribution in [3.8, 4) is 0 Å². The van der Waals surface area contributed by atoms with Crippen LogP contribution in [0.25, 0.3) is 0 Å². The Balaban J connectivity index is 1.42. The normalized spacial score (nSPS) is 37.4. The molecule has 0 unspecified atom stereocenters. The number of imide groups is 1. The van der Waals surface area contributed by atoms with Gasteiger partial charge in [-0.2, -0.15) is 4.31 Å². The molecule has 0 N–H and O–H groups in total. The summed E-state index contributed by atoms with van der Waals surface area (Å²) in [6.45, 7) is 3.89. The van der Waals surface area contributed by atoms with Gasteiger partial charge in [-0.1, -0.05) is 6.42 Å². The number of anilines is 1. The van der Waals surface area contributed by atoms with E-state index in [1.807, 2.05) is 13.8 Å². The molecule has 7 nitrogen and oxygen atoms in total. The second-order valence-electron chi connectivity index (χ2n) is 8.81. The summed E-state index contributed by atoms with van der Waals surface area (Å²) in [6, 6.07) is 6.09. The van der Waals surface area contributed by atoms with Gasteiger partial charge in [0.1, 0.15) is 0 Å². The van der Waals surface area contributed by atoms with Crippen LogP contribution in [0.1, 0.15) is 46.0 Å². The number of sulfonamides is 1. The molecule has 0 aliphatic carbocycles. The molecule has 4 aliphatic rings. The minimum atomic E-state index is -3.63. The Kier molecular flexibility index (Phi) is 4.38. The van der Waals surface area contributed by atoms with Crippen LogP contribution < -0.4 is 4.90 Å². The van der Waals surface area contributed by atoms with Gasteiger partial charge in [0, 0.05) is 12.1 Å². The van der Waals surface area contributed by atoms with E-state index in [0.29, 0.717) is 5.69 Å². The Morgan fingerprint density at radius 2 is 1.38 bits per heavy atom. The lowest BCUT2D eigenvalue weighted by Gasteiger charge is -2.37. The second kappa shape index (κ2) is 6.62. The summed E-state index contributed by atoms with van der Waals surface area (Å²) in [7, 11) is -3.63. The highest BCUT2D eigenvalue weighted by molar-refractivity contribution is 7.89. The molecule has 0 radical (unpaired) electrons. The Hall–Kier alpha value is -1.77. The van der Waals surface area contributed by atoms with Crippen molar-refractivity contribution in [3.05, 3.63) is 24.3 Å². The van der Waals surface area contributed by atoms with Crippen molar-refractivity contribution in [1.82, 2.24) is 4.31 Å². The Morgan fingerprint density at radius 3 is 1.90 bits per heavy atom. The Bertz CT molecular complexity index is 922. The zero-order valence-electron chi connectivity index (χ0n) is 16.7. The number of amides is 2. The predicted octanol–water partition coefficient (Wildman–Crippen LogP) is 2.30. The molecule has 29 heavy (non-hydrogen) atoms. The van der Waals surface area contributed by atoms with Gasteiger partial charge in [-0.25, -0.2) is 13.3 Å². The highest BCUT2D eigenvalue weighted by Crippen LogP contribution is 2.49. The number of piperidine rings is 1. The van der Waals surface area contributed by atoms with E-state index < -0.39 is 10.0 Å². The first-order valence-electron chi connectivity index (χ1n) is 10.5. The highest BCUT2D eigenvalue weighted by Gasteiger charge is 2.62. The van der Waals surface area contributed by atoms with E-state index in [0.717, 1.165) is 32.1 Å². The van der Waals surface area contributed by atoms with Gasteiger partial charge in [0.15, 0.2) is 0 Å². The third-order valence-corrected chi connectivity index (χ3v) is 9.21. The van der Waals surface area contributed by atoms with Crippen molar-refractivity contribution in [3.63, 3.8) is 0 Å². The largest absolute Gasteiger partial charge is 0.373 e. The standard InChI is InChI=1S/C21H26N2O5S/c1-12-4-3-5-13(2)23(12)29(26,27)15-8-6-14(7-9-15)22-20(24)18-16-10-11-17(28-16)19(18)21(22)25/h6-9,12-13,16-19H,3-5,10-11H2,1-2H3/t12-,13-,16-,17-,18-,19+/m1/s1. The summed E-state index contributed by atoms with van der Waals surface area (Å²) < 4.78 is 33.7. The van der Waals surface area contributed by atoms with E-state index in [4.69, 9.17) is 4.74 Å². The number of hydrogen-bond donors (Lipinski definition) is 0. The number of fused-ring (bicyclic) bond motifs is 5.